The summed E-state index contributed by atoms with van der Waals surface area (Å²) >= 11 is 0. The Morgan fingerprint density at radius 3 is 2.50 bits per heavy atom. The van der Waals surface area contributed by atoms with Crippen molar-refractivity contribution in [3.8, 4) is 0 Å². The average molecular weight is 225 g/mol. The summed E-state index contributed by atoms with van der Waals surface area (Å²) in [6.07, 6.45) is 0.687. The maximum absolute atomic E-state index is 12.7. The molecule has 88 valence electrons. The van der Waals surface area contributed by atoms with Crippen molar-refractivity contribution < 1.29 is 14.3 Å². The molecule has 3 N–H and O–H groups in total. The van der Waals surface area contributed by atoms with E-state index in [9.17, 15) is 9.18 Å². The quantitative estimate of drug-likeness (QED) is 0.808. The van der Waals surface area contributed by atoms with Crippen molar-refractivity contribution in [1.29, 1.82) is 0 Å². The molecule has 4 heteroatoms. The Morgan fingerprint density at radius 1 is 1.44 bits per heavy atom. The van der Waals surface area contributed by atoms with Crippen molar-refractivity contribution in [3.05, 3.63) is 35.6 Å². The monoisotopic (exact) mass is 225 g/mol. The van der Waals surface area contributed by atoms with Crippen LogP contribution in [0.1, 0.15) is 31.4 Å². The first kappa shape index (κ1) is 12.6. The SMILES string of the molecule is CC(CC(=O)O)CC(N)c1ccc(F)cc1. The van der Waals surface area contributed by atoms with Gasteiger partial charge in [-0.3, -0.25) is 4.79 Å². The van der Waals surface area contributed by atoms with E-state index in [-0.39, 0.29) is 24.2 Å². The highest BCUT2D eigenvalue weighted by Gasteiger charge is 2.13. The van der Waals surface area contributed by atoms with Crippen LogP contribution in [0.2, 0.25) is 0 Å². The zero-order valence-electron chi connectivity index (χ0n) is 9.19. The minimum atomic E-state index is -0.821. The van der Waals surface area contributed by atoms with E-state index in [1.165, 1.54) is 12.1 Å². The summed E-state index contributed by atoms with van der Waals surface area (Å²) in [6, 6.07) is 5.74. The third-order valence-electron chi connectivity index (χ3n) is 2.48. The molecular formula is C12H16FNO2. The highest BCUT2D eigenvalue weighted by molar-refractivity contribution is 5.66. The predicted molar refractivity (Wildman–Crippen MR) is 59.4 cm³/mol. The normalized spacial score (nSPS) is 14.4. The molecule has 0 aliphatic heterocycles. The van der Waals surface area contributed by atoms with Crippen molar-refractivity contribution in [2.75, 3.05) is 0 Å². The molecule has 0 spiro atoms. The number of hydrogen-bond donors (Lipinski definition) is 2. The molecule has 16 heavy (non-hydrogen) atoms. The number of aliphatic carboxylic acids is 1. The summed E-state index contributed by atoms with van der Waals surface area (Å²) < 4.78 is 12.7. The highest BCUT2D eigenvalue weighted by atomic mass is 19.1. The van der Waals surface area contributed by atoms with Crippen molar-refractivity contribution in [2.45, 2.75) is 25.8 Å². The summed E-state index contributed by atoms with van der Waals surface area (Å²) in [4.78, 5) is 10.5. The van der Waals surface area contributed by atoms with Crippen LogP contribution in [0.5, 0.6) is 0 Å². The van der Waals surface area contributed by atoms with Gasteiger partial charge in [-0.25, -0.2) is 4.39 Å². The van der Waals surface area contributed by atoms with Gasteiger partial charge in [0.05, 0.1) is 0 Å². The molecule has 0 aliphatic carbocycles. The fraction of sp³-hybridized carbons (Fsp3) is 0.417. The van der Waals surface area contributed by atoms with Gasteiger partial charge in [0.1, 0.15) is 5.82 Å². The smallest absolute Gasteiger partial charge is 0.303 e. The molecule has 1 aromatic rings. The number of halogens is 1. The summed E-state index contributed by atoms with van der Waals surface area (Å²) in [5, 5.41) is 8.61. The van der Waals surface area contributed by atoms with Gasteiger partial charge in [-0.05, 0) is 30.0 Å². The first-order valence-electron chi connectivity index (χ1n) is 5.22. The first-order valence-corrected chi connectivity index (χ1v) is 5.22. The Bertz CT molecular complexity index is 351. The fourth-order valence-electron chi connectivity index (χ4n) is 1.66. The predicted octanol–water partition coefficient (Wildman–Crippen LogP) is 2.33. The van der Waals surface area contributed by atoms with E-state index >= 15 is 0 Å². The molecule has 2 atom stereocenters. The van der Waals surface area contributed by atoms with E-state index in [0.717, 1.165) is 5.56 Å². The van der Waals surface area contributed by atoms with Crippen LogP contribution in [0, 0.1) is 11.7 Å². The van der Waals surface area contributed by atoms with Crippen molar-refractivity contribution in [3.63, 3.8) is 0 Å². The van der Waals surface area contributed by atoms with E-state index in [1.807, 2.05) is 6.92 Å². The number of benzene rings is 1. The molecule has 0 fully saturated rings. The Balaban J connectivity index is 2.54. The second kappa shape index (κ2) is 5.61. The van der Waals surface area contributed by atoms with Gasteiger partial charge in [0, 0.05) is 12.5 Å². The molecule has 0 amide bonds. The molecule has 0 heterocycles. The summed E-state index contributed by atoms with van der Waals surface area (Å²) in [7, 11) is 0. The molecule has 0 aliphatic rings. The summed E-state index contributed by atoms with van der Waals surface area (Å²) in [6.45, 7) is 1.84. The third-order valence-corrected chi connectivity index (χ3v) is 2.48. The molecule has 0 saturated carbocycles. The van der Waals surface area contributed by atoms with Crippen LogP contribution >= 0.6 is 0 Å². The molecule has 0 radical (unpaired) electrons. The second-order valence-corrected chi connectivity index (χ2v) is 4.10. The van der Waals surface area contributed by atoms with E-state index in [2.05, 4.69) is 0 Å². The maximum Gasteiger partial charge on any atom is 0.303 e. The van der Waals surface area contributed by atoms with Gasteiger partial charge in [0.2, 0.25) is 0 Å². The Hall–Kier alpha value is -1.42. The van der Waals surface area contributed by atoms with Gasteiger partial charge >= 0.3 is 5.97 Å². The van der Waals surface area contributed by atoms with Gasteiger partial charge in [-0.15, -0.1) is 0 Å². The number of nitrogens with two attached hydrogens (primary N) is 1. The molecule has 3 nitrogen and oxygen atoms in total. The Morgan fingerprint density at radius 2 is 2.00 bits per heavy atom. The standard InChI is InChI=1S/C12H16FNO2/c1-8(7-12(15)16)6-11(14)9-2-4-10(13)5-3-9/h2-5,8,11H,6-7,14H2,1H3,(H,15,16). The lowest BCUT2D eigenvalue weighted by atomic mass is 9.94. The summed E-state index contributed by atoms with van der Waals surface area (Å²) in [5.41, 5.74) is 6.74. The molecule has 2 unspecified atom stereocenters. The molecule has 1 aromatic carbocycles. The van der Waals surface area contributed by atoms with Gasteiger partial charge in [0.25, 0.3) is 0 Å². The lowest BCUT2D eigenvalue weighted by Crippen LogP contribution is -2.16. The molecule has 1 rings (SSSR count). The molecular weight excluding hydrogens is 209 g/mol. The molecule has 0 bridgehead atoms. The number of carbonyl (C=O) groups is 1. The van der Waals surface area contributed by atoms with Gasteiger partial charge in [-0.1, -0.05) is 19.1 Å². The van der Waals surface area contributed by atoms with E-state index in [4.69, 9.17) is 10.8 Å². The Labute approximate surface area is 94.1 Å². The zero-order chi connectivity index (χ0) is 12.1. The topological polar surface area (TPSA) is 63.3 Å². The largest absolute Gasteiger partial charge is 0.481 e. The number of rotatable bonds is 5. The lowest BCUT2D eigenvalue weighted by molar-refractivity contribution is -0.138. The van der Waals surface area contributed by atoms with E-state index in [1.54, 1.807) is 12.1 Å². The average Bonchev–Trinajstić information content (AvgIpc) is 2.16. The Kier molecular flexibility index (Phi) is 4.43. The molecule has 0 saturated heterocycles. The zero-order valence-corrected chi connectivity index (χ0v) is 9.19. The van der Waals surface area contributed by atoms with Gasteiger partial charge in [-0.2, -0.15) is 0 Å². The number of carboxylic acids is 1. The van der Waals surface area contributed by atoms with Crippen LogP contribution in [-0.4, -0.2) is 11.1 Å². The highest BCUT2D eigenvalue weighted by Crippen LogP contribution is 2.21. The van der Waals surface area contributed by atoms with E-state index in [0.29, 0.717) is 6.42 Å². The summed E-state index contributed by atoms with van der Waals surface area (Å²) in [5.74, 6) is -1.11. The van der Waals surface area contributed by atoms with Crippen molar-refractivity contribution in [2.24, 2.45) is 11.7 Å². The van der Waals surface area contributed by atoms with Crippen molar-refractivity contribution >= 4 is 5.97 Å². The van der Waals surface area contributed by atoms with Crippen LogP contribution < -0.4 is 5.73 Å². The van der Waals surface area contributed by atoms with Gasteiger partial charge in [0.15, 0.2) is 0 Å². The second-order valence-electron chi connectivity index (χ2n) is 4.10. The third kappa shape index (κ3) is 3.98. The number of hydrogen-bond acceptors (Lipinski definition) is 2. The first-order chi connectivity index (χ1) is 7.49. The van der Waals surface area contributed by atoms with Crippen molar-refractivity contribution in [1.82, 2.24) is 0 Å². The molecule has 0 aromatic heterocycles. The van der Waals surface area contributed by atoms with Crippen LogP contribution in [0.15, 0.2) is 24.3 Å². The minimum Gasteiger partial charge on any atom is -0.481 e. The maximum atomic E-state index is 12.7. The van der Waals surface area contributed by atoms with E-state index < -0.39 is 5.97 Å². The minimum absolute atomic E-state index is 0.0116. The fourth-order valence-corrected chi connectivity index (χ4v) is 1.66. The van der Waals surface area contributed by atoms with Crippen LogP contribution in [0.3, 0.4) is 0 Å². The van der Waals surface area contributed by atoms with Crippen LogP contribution in [0.4, 0.5) is 4.39 Å². The van der Waals surface area contributed by atoms with Gasteiger partial charge < -0.3 is 10.8 Å². The van der Waals surface area contributed by atoms with Crippen LogP contribution in [0.25, 0.3) is 0 Å². The lowest BCUT2D eigenvalue weighted by Gasteiger charge is -2.16. The number of carboxylic acid groups (broad SMARTS) is 1. The van der Waals surface area contributed by atoms with Crippen LogP contribution in [-0.2, 0) is 4.79 Å².